The van der Waals surface area contributed by atoms with E-state index >= 15 is 0 Å². The van der Waals surface area contributed by atoms with Gasteiger partial charge in [-0.2, -0.15) is 5.26 Å². The zero-order valence-corrected chi connectivity index (χ0v) is 19.7. The van der Waals surface area contributed by atoms with E-state index in [4.69, 9.17) is 5.26 Å². The fraction of sp³-hybridized carbons (Fsp3) is 0.407. The average Bonchev–Trinajstić information content (AvgIpc) is 2.77. The molecule has 1 fully saturated rings. The monoisotopic (exact) mass is 432 g/mol. The number of ketones is 1. The Morgan fingerprint density at radius 3 is 2.45 bits per heavy atom. The van der Waals surface area contributed by atoms with Crippen molar-refractivity contribution >= 4 is 28.8 Å². The van der Waals surface area contributed by atoms with E-state index in [1.165, 1.54) is 32.2 Å². The summed E-state index contributed by atoms with van der Waals surface area (Å²) in [6, 6.07) is 19.6. The van der Waals surface area contributed by atoms with Crippen LogP contribution >= 0.6 is 11.8 Å². The summed E-state index contributed by atoms with van der Waals surface area (Å²) in [5.74, 6) is 0.635. The summed E-state index contributed by atoms with van der Waals surface area (Å²) in [4.78, 5) is 17.0. The molecule has 1 aliphatic rings. The second-order valence-electron chi connectivity index (χ2n) is 8.54. The topological polar surface area (TPSA) is 44.1 Å². The van der Waals surface area contributed by atoms with Gasteiger partial charge in [0.15, 0.2) is 0 Å². The molecule has 0 spiro atoms. The normalized spacial score (nSPS) is 17.1. The Balaban J connectivity index is 2.06. The second kappa shape index (κ2) is 11.2. The van der Waals surface area contributed by atoms with Gasteiger partial charge in [-0.1, -0.05) is 41.6 Å². The lowest BCUT2D eigenvalue weighted by Crippen LogP contribution is -2.17. The van der Waals surface area contributed by atoms with Crippen molar-refractivity contribution in [3.63, 3.8) is 0 Å². The number of carbonyl (C=O) groups is 1. The third kappa shape index (κ3) is 6.48. The fourth-order valence-electron chi connectivity index (χ4n) is 4.09. The highest BCUT2D eigenvalue weighted by Gasteiger charge is 2.26. The van der Waals surface area contributed by atoms with E-state index in [0.29, 0.717) is 25.0 Å². The highest BCUT2D eigenvalue weighted by atomic mass is 32.2. The average molecular weight is 433 g/mol. The number of unbranched alkanes of at least 4 members (excludes halogenated alkanes) is 1. The van der Waals surface area contributed by atoms with E-state index in [2.05, 4.69) is 66.4 Å². The molecule has 162 valence electrons. The van der Waals surface area contributed by atoms with Crippen LogP contribution in [-0.4, -0.2) is 19.9 Å². The standard InChI is InChI=1S/C27H32N2OS/c1-20-10-16-25(17-11-20)31-27(22-7-6-8-24(30)19-22)26(9-4-5-18-28)21-12-14-23(15-13-21)29(2)3/h10-17,22H,4-9,19H2,1-3H3/b27-26+. The third-order valence-corrected chi connectivity index (χ3v) is 7.15. The molecule has 1 unspecified atom stereocenters. The predicted octanol–water partition coefficient (Wildman–Crippen LogP) is 7.02. The molecule has 0 aromatic heterocycles. The molecule has 0 N–H and O–H groups in total. The Labute approximate surface area is 191 Å². The maximum atomic E-state index is 12.3. The highest BCUT2D eigenvalue weighted by molar-refractivity contribution is 8.03. The Morgan fingerprint density at radius 2 is 1.84 bits per heavy atom. The largest absolute Gasteiger partial charge is 0.378 e. The van der Waals surface area contributed by atoms with Gasteiger partial charge in [0, 0.05) is 43.9 Å². The van der Waals surface area contributed by atoms with Crippen LogP contribution in [0.2, 0.25) is 0 Å². The fourth-order valence-corrected chi connectivity index (χ4v) is 5.32. The van der Waals surface area contributed by atoms with Crippen LogP contribution in [0, 0.1) is 24.2 Å². The van der Waals surface area contributed by atoms with Crippen molar-refractivity contribution in [1.29, 1.82) is 5.26 Å². The first-order valence-electron chi connectivity index (χ1n) is 11.1. The smallest absolute Gasteiger partial charge is 0.133 e. The van der Waals surface area contributed by atoms with Gasteiger partial charge in [-0.05, 0) is 78.8 Å². The molecule has 4 heteroatoms. The summed E-state index contributed by atoms with van der Waals surface area (Å²) in [7, 11) is 4.09. The van der Waals surface area contributed by atoms with E-state index in [1.807, 2.05) is 25.9 Å². The number of nitriles is 1. The minimum Gasteiger partial charge on any atom is -0.378 e. The van der Waals surface area contributed by atoms with Crippen molar-refractivity contribution in [3.05, 3.63) is 64.6 Å². The molecule has 1 saturated carbocycles. The first kappa shape index (κ1) is 23.2. The Hall–Kier alpha value is -2.51. The molecule has 1 aliphatic carbocycles. The number of allylic oxidation sites excluding steroid dienone is 2. The van der Waals surface area contributed by atoms with Gasteiger partial charge in [0.1, 0.15) is 5.78 Å². The van der Waals surface area contributed by atoms with Gasteiger partial charge in [-0.25, -0.2) is 0 Å². The van der Waals surface area contributed by atoms with Gasteiger partial charge in [0.05, 0.1) is 6.07 Å². The SMILES string of the molecule is Cc1ccc(S/C(=C(\CCCC#N)c2ccc(N(C)C)cc2)C2CCCC(=O)C2)cc1. The quantitative estimate of drug-likeness (QED) is 0.332. The number of aryl methyl sites for hydroxylation is 1. The zero-order chi connectivity index (χ0) is 22.2. The van der Waals surface area contributed by atoms with Crippen molar-refractivity contribution < 1.29 is 4.79 Å². The number of hydrogen-bond donors (Lipinski definition) is 0. The lowest BCUT2D eigenvalue weighted by atomic mass is 9.84. The molecule has 0 heterocycles. The zero-order valence-electron chi connectivity index (χ0n) is 18.9. The number of nitrogens with zero attached hydrogens (tertiary/aromatic N) is 2. The molecular weight excluding hydrogens is 400 g/mol. The van der Waals surface area contributed by atoms with Crippen LogP contribution in [0.15, 0.2) is 58.3 Å². The number of anilines is 1. The van der Waals surface area contributed by atoms with Crippen LogP contribution in [0.25, 0.3) is 5.57 Å². The molecule has 0 radical (unpaired) electrons. The first-order valence-corrected chi connectivity index (χ1v) is 11.9. The summed E-state index contributed by atoms with van der Waals surface area (Å²) in [5, 5.41) is 9.11. The number of benzene rings is 2. The Morgan fingerprint density at radius 1 is 1.13 bits per heavy atom. The summed E-state index contributed by atoms with van der Waals surface area (Å²) in [6.07, 6.45) is 5.59. The second-order valence-corrected chi connectivity index (χ2v) is 9.66. The van der Waals surface area contributed by atoms with Crippen molar-refractivity contribution in [3.8, 4) is 6.07 Å². The molecule has 2 aromatic rings. The molecule has 3 rings (SSSR count). The summed E-state index contributed by atoms with van der Waals surface area (Å²) in [5.41, 5.74) is 4.92. The molecule has 0 aliphatic heterocycles. The van der Waals surface area contributed by atoms with Gasteiger partial charge in [-0.15, -0.1) is 0 Å². The molecule has 0 bridgehead atoms. The predicted molar refractivity (Wildman–Crippen MR) is 131 cm³/mol. The van der Waals surface area contributed by atoms with Gasteiger partial charge in [0.2, 0.25) is 0 Å². The van der Waals surface area contributed by atoms with E-state index in [1.54, 1.807) is 0 Å². The van der Waals surface area contributed by atoms with Crippen LogP contribution in [0.4, 0.5) is 5.69 Å². The van der Waals surface area contributed by atoms with Crippen LogP contribution in [0.3, 0.4) is 0 Å². The molecular formula is C27H32N2OS. The number of hydrogen-bond acceptors (Lipinski definition) is 4. The minimum atomic E-state index is 0.262. The summed E-state index contributed by atoms with van der Waals surface area (Å²) < 4.78 is 0. The number of thioether (sulfide) groups is 1. The Bertz CT molecular complexity index is 952. The van der Waals surface area contributed by atoms with Gasteiger partial charge < -0.3 is 4.90 Å². The maximum Gasteiger partial charge on any atom is 0.133 e. The van der Waals surface area contributed by atoms with Crippen molar-refractivity contribution in [2.45, 2.75) is 56.8 Å². The van der Waals surface area contributed by atoms with Crippen LogP contribution in [-0.2, 0) is 4.79 Å². The van der Waals surface area contributed by atoms with E-state index in [0.717, 1.165) is 25.7 Å². The summed E-state index contributed by atoms with van der Waals surface area (Å²) >= 11 is 1.81. The third-order valence-electron chi connectivity index (χ3n) is 5.85. The lowest BCUT2D eigenvalue weighted by Gasteiger charge is -2.27. The lowest BCUT2D eigenvalue weighted by molar-refractivity contribution is -0.121. The number of rotatable bonds is 8. The van der Waals surface area contributed by atoms with Crippen molar-refractivity contribution in [1.82, 2.24) is 0 Å². The minimum absolute atomic E-state index is 0.262. The van der Waals surface area contributed by atoms with Crippen LogP contribution in [0.5, 0.6) is 0 Å². The van der Waals surface area contributed by atoms with Crippen LogP contribution in [0.1, 0.15) is 56.1 Å². The maximum absolute atomic E-state index is 12.3. The molecule has 1 atom stereocenters. The van der Waals surface area contributed by atoms with Crippen LogP contribution < -0.4 is 4.90 Å². The molecule has 0 amide bonds. The van der Waals surface area contributed by atoms with Crippen molar-refractivity contribution in [2.75, 3.05) is 19.0 Å². The van der Waals surface area contributed by atoms with E-state index in [9.17, 15) is 4.79 Å². The van der Waals surface area contributed by atoms with Gasteiger partial charge in [0.25, 0.3) is 0 Å². The number of Topliss-reactive ketones (excluding diaryl/α,β-unsaturated/α-hetero) is 1. The van der Waals surface area contributed by atoms with Crippen molar-refractivity contribution in [2.24, 2.45) is 5.92 Å². The van der Waals surface area contributed by atoms with E-state index < -0.39 is 0 Å². The molecule has 3 nitrogen and oxygen atoms in total. The highest BCUT2D eigenvalue weighted by Crippen LogP contribution is 2.44. The Kier molecular flexibility index (Phi) is 8.37. The van der Waals surface area contributed by atoms with Gasteiger partial charge >= 0.3 is 0 Å². The molecule has 2 aromatic carbocycles. The summed E-state index contributed by atoms with van der Waals surface area (Å²) in [6.45, 7) is 2.10. The molecule has 0 saturated heterocycles. The first-order chi connectivity index (χ1) is 15.0. The van der Waals surface area contributed by atoms with Gasteiger partial charge in [-0.3, -0.25) is 4.79 Å². The number of carbonyl (C=O) groups excluding carboxylic acids is 1. The van der Waals surface area contributed by atoms with E-state index in [-0.39, 0.29) is 5.92 Å². The molecule has 31 heavy (non-hydrogen) atoms.